The van der Waals surface area contributed by atoms with Crippen molar-refractivity contribution >= 4 is 50.1 Å². The number of benzene rings is 1. The molecule has 0 unspecified atom stereocenters. The SMILES string of the molecule is Brc1cnc(N2CCOCC2)c2nc(CSc3ccc4ccccc4n3)cn12. The molecule has 0 atom stereocenters. The number of fused-ring (bicyclic) bond motifs is 2. The second kappa shape index (κ2) is 7.69. The first-order valence-corrected chi connectivity index (χ1v) is 10.9. The van der Waals surface area contributed by atoms with Crippen LogP contribution in [-0.4, -0.2) is 45.7 Å². The lowest BCUT2D eigenvalue weighted by Gasteiger charge is -2.27. The monoisotopic (exact) mass is 455 g/mol. The van der Waals surface area contributed by atoms with Gasteiger partial charge >= 0.3 is 0 Å². The normalized spacial score (nSPS) is 14.8. The first-order valence-electron chi connectivity index (χ1n) is 9.12. The fraction of sp³-hybridized carbons (Fsp3) is 0.250. The molecule has 4 heterocycles. The van der Waals surface area contributed by atoms with Gasteiger partial charge in [0.1, 0.15) is 4.60 Å². The molecule has 0 radical (unpaired) electrons. The molecule has 4 aromatic rings. The Morgan fingerprint density at radius 3 is 2.82 bits per heavy atom. The minimum absolute atomic E-state index is 0.723. The van der Waals surface area contributed by atoms with Crippen LogP contribution in [0.1, 0.15) is 5.69 Å². The van der Waals surface area contributed by atoms with E-state index in [1.165, 1.54) is 0 Å². The van der Waals surface area contributed by atoms with Gasteiger partial charge in [-0.2, -0.15) is 0 Å². The number of rotatable bonds is 4. The maximum atomic E-state index is 5.46. The molecule has 0 saturated carbocycles. The van der Waals surface area contributed by atoms with Gasteiger partial charge in [0, 0.05) is 30.4 Å². The lowest BCUT2D eigenvalue weighted by Crippen LogP contribution is -2.37. The third kappa shape index (κ3) is 3.47. The topological polar surface area (TPSA) is 55.5 Å². The maximum absolute atomic E-state index is 5.46. The predicted octanol–water partition coefficient (Wildman–Crippen LogP) is 4.17. The summed E-state index contributed by atoms with van der Waals surface area (Å²) in [4.78, 5) is 16.5. The summed E-state index contributed by atoms with van der Waals surface area (Å²) in [5, 5.41) is 2.16. The maximum Gasteiger partial charge on any atom is 0.181 e. The van der Waals surface area contributed by atoms with Crippen LogP contribution in [0.5, 0.6) is 0 Å². The molecular formula is C20H18BrN5OS. The quantitative estimate of drug-likeness (QED) is 0.430. The zero-order chi connectivity index (χ0) is 18.9. The summed E-state index contributed by atoms with van der Waals surface area (Å²) in [6, 6.07) is 12.4. The lowest BCUT2D eigenvalue weighted by atomic mass is 10.2. The third-order valence-electron chi connectivity index (χ3n) is 4.73. The Labute approximate surface area is 175 Å². The smallest absolute Gasteiger partial charge is 0.181 e. The first kappa shape index (κ1) is 17.9. The highest BCUT2D eigenvalue weighted by Crippen LogP contribution is 2.27. The van der Waals surface area contributed by atoms with Crippen molar-refractivity contribution in [3.63, 3.8) is 0 Å². The summed E-state index contributed by atoms with van der Waals surface area (Å²) in [5.41, 5.74) is 2.89. The van der Waals surface area contributed by atoms with Crippen molar-refractivity contribution in [3.05, 3.63) is 59.1 Å². The number of pyridine rings is 1. The molecule has 0 bridgehead atoms. The van der Waals surface area contributed by atoms with Crippen molar-refractivity contribution in [1.29, 1.82) is 0 Å². The molecule has 1 aliphatic heterocycles. The van der Waals surface area contributed by atoms with Crippen molar-refractivity contribution in [2.45, 2.75) is 10.8 Å². The van der Waals surface area contributed by atoms with E-state index in [0.717, 1.165) is 69.7 Å². The van der Waals surface area contributed by atoms with Crippen molar-refractivity contribution < 1.29 is 4.74 Å². The van der Waals surface area contributed by atoms with E-state index in [-0.39, 0.29) is 0 Å². The molecule has 0 aliphatic carbocycles. The van der Waals surface area contributed by atoms with Crippen LogP contribution in [0.25, 0.3) is 16.6 Å². The van der Waals surface area contributed by atoms with E-state index in [4.69, 9.17) is 14.7 Å². The van der Waals surface area contributed by atoms with Gasteiger partial charge < -0.3 is 9.64 Å². The van der Waals surface area contributed by atoms with E-state index < -0.39 is 0 Å². The van der Waals surface area contributed by atoms with Gasteiger partial charge in [-0.25, -0.2) is 15.0 Å². The van der Waals surface area contributed by atoms with E-state index in [9.17, 15) is 0 Å². The Kier molecular flexibility index (Phi) is 4.92. The predicted molar refractivity (Wildman–Crippen MR) is 115 cm³/mol. The molecule has 0 N–H and O–H groups in total. The van der Waals surface area contributed by atoms with Crippen LogP contribution in [-0.2, 0) is 10.5 Å². The molecule has 1 aromatic carbocycles. The van der Waals surface area contributed by atoms with Crippen molar-refractivity contribution in [2.24, 2.45) is 0 Å². The molecule has 0 spiro atoms. The number of anilines is 1. The number of ether oxygens (including phenoxy) is 1. The van der Waals surface area contributed by atoms with Crippen molar-refractivity contribution in [2.75, 3.05) is 31.2 Å². The summed E-state index contributed by atoms with van der Waals surface area (Å²) < 4.78 is 8.42. The second-order valence-corrected chi connectivity index (χ2v) is 8.37. The Morgan fingerprint density at radius 1 is 1.07 bits per heavy atom. The molecule has 1 aliphatic rings. The van der Waals surface area contributed by atoms with E-state index in [2.05, 4.69) is 54.6 Å². The van der Waals surface area contributed by atoms with Crippen molar-refractivity contribution in [3.8, 4) is 0 Å². The Hall–Kier alpha value is -2.16. The number of para-hydroxylation sites is 1. The van der Waals surface area contributed by atoms with Crippen LogP contribution in [0.3, 0.4) is 0 Å². The average molecular weight is 456 g/mol. The van der Waals surface area contributed by atoms with Gasteiger partial charge in [0.05, 0.1) is 35.6 Å². The first-order chi connectivity index (χ1) is 13.8. The summed E-state index contributed by atoms with van der Waals surface area (Å²) in [6.45, 7) is 3.12. The fourth-order valence-corrected chi connectivity index (χ4v) is 4.46. The average Bonchev–Trinajstić information content (AvgIpc) is 3.18. The molecule has 28 heavy (non-hydrogen) atoms. The number of hydrogen-bond acceptors (Lipinski definition) is 6. The highest BCUT2D eigenvalue weighted by molar-refractivity contribution is 9.10. The molecule has 8 heteroatoms. The van der Waals surface area contributed by atoms with Gasteiger partial charge in [0.15, 0.2) is 11.5 Å². The van der Waals surface area contributed by atoms with Gasteiger partial charge in [0.25, 0.3) is 0 Å². The van der Waals surface area contributed by atoms with E-state index in [0.29, 0.717) is 0 Å². The van der Waals surface area contributed by atoms with Crippen LogP contribution < -0.4 is 4.90 Å². The molecule has 1 fully saturated rings. The van der Waals surface area contributed by atoms with Gasteiger partial charge in [-0.3, -0.25) is 4.40 Å². The summed E-state index contributed by atoms with van der Waals surface area (Å²) in [7, 11) is 0. The number of thioether (sulfide) groups is 1. The molecule has 6 nitrogen and oxygen atoms in total. The Morgan fingerprint density at radius 2 is 1.93 bits per heavy atom. The third-order valence-corrected chi connectivity index (χ3v) is 6.28. The molecule has 1 saturated heterocycles. The van der Waals surface area contributed by atoms with Crippen LogP contribution in [0.2, 0.25) is 0 Å². The highest BCUT2D eigenvalue weighted by atomic mass is 79.9. The number of nitrogens with zero attached hydrogens (tertiary/aromatic N) is 5. The summed E-state index contributed by atoms with van der Waals surface area (Å²) in [6.07, 6.45) is 3.90. The molecule has 0 amide bonds. The van der Waals surface area contributed by atoms with Gasteiger partial charge in [-0.1, -0.05) is 36.0 Å². The van der Waals surface area contributed by atoms with Crippen LogP contribution in [0, 0.1) is 0 Å². The number of imidazole rings is 1. The molecule has 3 aromatic heterocycles. The number of halogens is 1. The van der Waals surface area contributed by atoms with Crippen LogP contribution in [0.15, 0.2) is 58.4 Å². The molecule has 5 rings (SSSR count). The highest BCUT2D eigenvalue weighted by Gasteiger charge is 2.18. The number of hydrogen-bond donors (Lipinski definition) is 0. The van der Waals surface area contributed by atoms with Gasteiger partial charge in [-0.05, 0) is 28.1 Å². The Bertz CT molecular complexity index is 1140. The second-order valence-electron chi connectivity index (χ2n) is 6.56. The zero-order valence-electron chi connectivity index (χ0n) is 15.1. The van der Waals surface area contributed by atoms with Gasteiger partial charge in [-0.15, -0.1) is 0 Å². The fourth-order valence-electron chi connectivity index (χ4n) is 3.33. The zero-order valence-corrected chi connectivity index (χ0v) is 17.5. The van der Waals surface area contributed by atoms with E-state index >= 15 is 0 Å². The van der Waals surface area contributed by atoms with E-state index in [1.807, 2.05) is 24.4 Å². The summed E-state index contributed by atoms with van der Waals surface area (Å²) >= 11 is 5.28. The van der Waals surface area contributed by atoms with Crippen molar-refractivity contribution in [1.82, 2.24) is 19.4 Å². The number of aromatic nitrogens is 4. The molecule has 142 valence electrons. The largest absolute Gasteiger partial charge is 0.378 e. The summed E-state index contributed by atoms with van der Waals surface area (Å²) in [5.74, 6) is 1.66. The number of morpholine rings is 1. The molecular weight excluding hydrogens is 438 g/mol. The van der Waals surface area contributed by atoms with Gasteiger partial charge in [0.2, 0.25) is 0 Å². The van der Waals surface area contributed by atoms with Crippen LogP contribution in [0.4, 0.5) is 5.82 Å². The minimum atomic E-state index is 0.723. The minimum Gasteiger partial charge on any atom is -0.378 e. The lowest BCUT2D eigenvalue weighted by molar-refractivity contribution is 0.122. The Balaban J connectivity index is 1.41. The van der Waals surface area contributed by atoms with Crippen LogP contribution >= 0.6 is 27.7 Å². The standard InChI is InChI=1S/C20H18BrN5OS/c21-17-11-22-19(25-7-9-27-10-8-25)20-23-15(12-26(17)20)13-28-18-6-5-14-3-1-2-4-16(14)24-18/h1-6,11-12H,7-10,13H2. The van der Waals surface area contributed by atoms with E-state index in [1.54, 1.807) is 11.8 Å².